The van der Waals surface area contributed by atoms with Crippen LogP contribution in [0.4, 0.5) is 0 Å². The van der Waals surface area contributed by atoms with Gasteiger partial charge in [0.15, 0.2) is 0 Å². The lowest BCUT2D eigenvalue weighted by atomic mass is 10.2. The first-order chi connectivity index (χ1) is 7.10. The second-order valence-electron chi connectivity index (χ2n) is 2.66. The molecule has 0 radical (unpaired) electrons. The fourth-order valence-electron chi connectivity index (χ4n) is 0.694. The van der Waals surface area contributed by atoms with Gasteiger partial charge in [-0.2, -0.15) is 0 Å². The zero-order valence-corrected chi connectivity index (χ0v) is 8.65. The average molecular weight is 214 g/mol. The van der Waals surface area contributed by atoms with Gasteiger partial charge in [-0.1, -0.05) is 13.5 Å². The lowest BCUT2D eigenvalue weighted by Gasteiger charge is -2.03. The van der Waals surface area contributed by atoms with Gasteiger partial charge in [-0.05, 0) is 0 Å². The predicted molar refractivity (Wildman–Crippen MR) is 52.0 cm³/mol. The van der Waals surface area contributed by atoms with Gasteiger partial charge in [0.05, 0.1) is 0 Å². The van der Waals surface area contributed by atoms with E-state index in [1.807, 2.05) is 0 Å². The van der Waals surface area contributed by atoms with Gasteiger partial charge in [-0.15, -0.1) is 0 Å². The van der Waals surface area contributed by atoms with Crippen molar-refractivity contribution in [2.24, 2.45) is 0 Å². The number of carbonyl (C=O) groups is 3. The number of Topliss-reactive ketones (excluding diaryl/α,β-unsaturated/α-hetero) is 1. The highest BCUT2D eigenvalue weighted by Crippen LogP contribution is 1.92. The molecule has 5 heteroatoms. The minimum Gasteiger partial charge on any atom is -0.462 e. The summed E-state index contributed by atoms with van der Waals surface area (Å²) in [4.78, 5) is 32.3. The third kappa shape index (κ3) is 7.42. The van der Waals surface area contributed by atoms with Crippen LogP contribution in [0.2, 0.25) is 0 Å². The van der Waals surface area contributed by atoms with Gasteiger partial charge >= 0.3 is 11.9 Å². The molecule has 0 heterocycles. The summed E-state index contributed by atoms with van der Waals surface area (Å²) >= 11 is 0. The highest BCUT2D eigenvalue weighted by Gasteiger charge is 2.08. The van der Waals surface area contributed by atoms with Crippen molar-refractivity contribution in [2.45, 2.75) is 19.8 Å². The van der Waals surface area contributed by atoms with E-state index < -0.39 is 11.9 Å². The highest BCUT2D eigenvalue weighted by molar-refractivity contribution is 5.95. The van der Waals surface area contributed by atoms with Crippen molar-refractivity contribution in [2.75, 3.05) is 13.2 Å². The second-order valence-corrected chi connectivity index (χ2v) is 2.66. The van der Waals surface area contributed by atoms with Gasteiger partial charge < -0.3 is 9.47 Å². The first kappa shape index (κ1) is 13.4. The molecule has 0 unspecified atom stereocenters. The number of ketones is 1. The van der Waals surface area contributed by atoms with Crippen LogP contribution in [0.15, 0.2) is 12.7 Å². The lowest BCUT2D eigenvalue weighted by molar-refractivity contribution is -0.151. The maximum Gasteiger partial charge on any atom is 0.330 e. The molecule has 0 atom stereocenters. The van der Waals surface area contributed by atoms with Crippen LogP contribution in [0.5, 0.6) is 0 Å². The Morgan fingerprint density at radius 1 is 1.20 bits per heavy atom. The van der Waals surface area contributed by atoms with Crippen LogP contribution in [-0.4, -0.2) is 30.9 Å². The second kappa shape index (κ2) is 7.73. The van der Waals surface area contributed by atoms with Crippen molar-refractivity contribution in [3.8, 4) is 0 Å². The fraction of sp³-hybridized carbons (Fsp3) is 0.500. The first-order valence-corrected chi connectivity index (χ1v) is 4.56. The summed E-state index contributed by atoms with van der Waals surface area (Å²) in [5.74, 6) is -1.35. The Bertz CT molecular complexity index is 257. The molecule has 84 valence electrons. The summed E-state index contributed by atoms with van der Waals surface area (Å²) in [7, 11) is 0. The first-order valence-electron chi connectivity index (χ1n) is 4.56. The summed E-state index contributed by atoms with van der Waals surface area (Å²) < 4.78 is 9.19. The van der Waals surface area contributed by atoms with E-state index in [9.17, 15) is 14.4 Å². The molecule has 0 fully saturated rings. The van der Waals surface area contributed by atoms with Crippen molar-refractivity contribution in [1.29, 1.82) is 0 Å². The molecule has 0 saturated heterocycles. The van der Waals surface area contributed by atoms with Crippen LogP contribution >= 0.6 is 0 Å². The molecular weight excluding hydrogens is 200 g/mol. The van der Waals surface area contributed by atoms with E-state index >= 15 is 0 Å². The summed E-state index contributed by atoms with van der Waals surface area (Å²) in [6, 6.07) is 0. The Morgan fingerprint density at radius 2 is 1.80 bits per heavy atom. The maximum absolute atomic E-state index is 10.9. The van der Waals surface area contributed by atoms with Gasteiger partial charge in [0.2, 0.25) is 0 Å². The molecule has 15 heavy (non-hydrogen) atoms. The largest absolute Gasteiger partial charge is 0.462 e. The molecule has 0 aliphatic carbocycles. The summed E-state index contributed by atoms with van der Waals surface area (Å²) in [6.45, 7) is 4.79. The molecule has 0 amide bonds. The lowest BCUT2D eigenvalue weighted by Crippen LogP contribution is -2.15. The molecule has 0 aliphatic heterocycles. The molecule has 0 aromatic carbocycles. The van der Waals surface area contributed by atoms with E-state index in [4.69, 9.17) is 0 Å². The number of rotatable bonds is 7. The summed E-state index contributed by atoms with van der Waals surface area (Å²) in [5, 5.41) is 0. The van der Waals surface area contributed by atoms with Gasteiger partial charge in [0.1, 0.15) is 25.4 Å². The minimum atomic E-state index is -0.600. The fourth-order valence-corrected chi connectivity index (χ4v) is 0.694. The van der Waals surface area contributed by atoms with Gasteiger partial charge in [0, 0.05) is 12.5 Å². The van der Waals surface area contributed by atoms with E-state index in [1.165, 1.54) is 0 Å². The van der Waals surface area contributed by atoms with E-state index in [0.29, 0.717) is 6.42 Å². The molecule has 0 N–H and O–H groups in total. The number of hydrogen-bond acceptors (Lipinski definition) is 5. The Labute approximate surface area is 88.0 Å². The molecule has 0 bridgehead atoms. The van der Waals surface area contributed by atoms with Gasteiger partial charge in [-0.3, -0.25) is 9.59 Å². The number of carbonyl (C=O) groups excluding carboxylic acids is 3. The highest BCUT2D eigenvalue weighted by atomic mass is 16.6. The molecule has 0 aromatic heterocycles. The number of hydrogen-bond donors (Lipinski definition) is 0. The van der Waals surface area contributed by atoms with Gasteiger partial charge in [0.25, 0.3) is 0 Å². The van der Waals surface area contributed by atoms with Crippen LogP contribution in [0, 0.1) is 0 Å². The third-order valence-electron chi connectivity index (χ3n) is 1.49. The molecular formula is C10H14O5. The SMILES string of the molecule is C=CC(=O)OCCOC(=O)CC(=O)CC. The van der Waals surface area contributed by atoms with Crippen molar-refractivity contribution in [3.05, 3.63) is 12.7 Å². The molecule has 0 spiro atoms. The van der Waals surface area contributed by atoms with E-state index in [1.54, 1.807) is 6.92 Å². The molecule has 0 aliphatic rings. The Kier molecular flexibility index (Phi) is 6.88. The monoisotopic (exact) mass is 214 g/mol. The van der Waals surface area contributed by atoms with Crippen LogP contribution in [0.1, 0.15) is 19.8 Å². The van der Waals surface area contributed by atoms with E-state index in [2.05, 4.69) is 16.1 Å². The van der Waals surface area contributed by atoms with Crippen molar-refractivity contribution >= 4 is 17.7 Å². The van der Waals surface area contributed by atoms with Crippen LogP contribution in [0.25, 0.3) is 0 Å². The van der Waals surface area contributed by atoms with E-state index in [-0.39, 0.29) is 25.4 Å². The number of esters is 2. The van der Waals surface area contributed by atoms with Crippen molar-refractivity contribution < 1.29 is 23.9 Å². The van der Waals surface area contributed by atoms with Crippen LogP contribution in [-0.2, 0) is 23.9 Å². The smallest absolute Gasteiger partial charge is 0.330 e. The average Bonchev–Trinajstić information content (AvgIpc) is 2.23. The van der Waals surface area contributed by atoms with Crippen LogP contribution in [0.3, 0.4) is 0 Å². The minimum absolute atomic E-state index is 0.0308. The van der Waals surface area contributed by atoms with Gasteiger partial charge in [-0.25, -0.2) is 4.79 Å². The normalized spacial score (nSPS) is 9.13. The zero-order valence-electron chi connectivity index (χ0n) is 8.65. The summed E-state index contributed by atoms with van der Waals surface area (Å²) in [5.41, 5.74) is 0. The Balaban J connectivity index is 3.51. The maximum atomic E-state index is 10.9. The van der Waals surface area contributed by atoms with Crippen molar-refractivity contribution in [3.63, 3.8) is 0 Å². The molecule has 0 rings (SSSR count). The third-order valence-corrected chi connectivity index (χ3v) is 1.49. The van der Waals surface area contributed by atoms with Crippen molar-refractivity contribution in [1.82, 2.24) is 0 Å². The molecule has 0 aromatic rings. The van der Waals surface area contributed by atoms with Crippen LogP contribution < -0.4 is 0 Å². The quantitative estimate of drug-likeness (QED) is 0.269. The predicted octanol–water partition coefficient (Wildman–Crippen LogP) is 0.628. The Morgan fingerprint density at radius 3 is 2.33 bits per heavy atom. The topological polar surface area (TPSA) is 69.7 Å². The number of ether oxygens (including phenoxy) is 2. The molecule has 0 saturated carbocycles. The Hall–Kier alpha value is -1.65. The molecule has 5 nitrogen and oxygen atoms in total. The standard InChI is InChI=1S/C10H14O5/c1-3-8(11)7-10(13)15-6-5-14-9(12)4-2/h4H,2-3,5-7H2,1H3. The van der Waals surface area contributed by atoms with E-state index in [0.717, 1.165) is 6.08 Å². The zero-order chi connectivity index (χ0) is 11.7. The summed E-state index contributed by atoms with van der Waals surface area (Å²) in [6.07, 6.45) is 1.09.